The number of nitrogens with zero attached hydrogens (tertiary/aromatic N) is 7. The third-order valence-electron chi connectivity index (χ3n) is 5.59. The number of tetrazole rings is 1. The molecule has 0 saturated carbocycles. The summed E-state index contributed by atoms with van der Waals surface area (Å²) < 4.78 is 7.88. The highest BCUT2D eigenvalue weighted by atomic mass is 32.2. The third kappa shape index (κ3) is 4.82. The van der Waals surface area contributed by atoms with E-state index in [2.05, 4.69) is 31.0 Å². The lowest BCUT2D eigenvalue weighted by Gasteiger charge is -2.28. The Morgan fingerprint density at radius 2 is 1.89 bits per heavy atom. The normalized spacial score (nSPS) is 14.8. The molecule has 0 fully saturated rings. The van der Waals surface area contributed by atoms with Crippen molar-refractivity contribution >= 4 is 40.7 Å². The number of aromatic nitrogens is 6. The first-order chi connectivity index (χ1) is 17.5. The standard InChI is InChI=1S/C24H24N8O2S2/c1-4-34-22(33)19-18(14-35-24-28-26-21(36-24)16-8-6-5-7-9-16)25-23-27-29-30-32(23)20(19)15-10-12-17(13-11-15)31(2)3/h5-13,20H,4,14H2,1-3H3,(H,25,27,30). The zero-order valence-electron chi connectivity index (χ0n) is 20.0. The van der Waals surface area contributed by atoms with E-state index in [0.29, 0.717) is 23.0 Å². The van der Waals surface area contributed by atoms with Crippen LogP contribution in [0.4, 0.5) is 11.6 Å². The zero-order chi connectivity index (χ0) is 25.1. The van der Waals surface area contributed by atoms with Crippen LogP contribution >= 0.6 is 23.1 Å². The molecule has 1 atom stereocenters. The molecule has 0 radical (unpaired) electrons. The van der Waals surface area contributed by atoms with Crippen LogP contribution in [0.3, 0.4) is 0 Å². The van der Waals surface area contributed by atoms with Crippen LogP contribution in [-0.4, -0.2) is 62.8 Å². The Labute approximate surface area is 216 Å². The Hall–Kier alpha value is -3.77. The number of thioether (sulfide) groups is 1. The summed E-state index contributed by atoms with van der Waals surface area (Å²) in [4.78, 5) is 15.3. The average molecular weight is 521 g/mol. The number of esters is 1. The molecule has 0 saturated heterocycles. The quantitative estimate of drug-likeness (QED) is 0.271. The van der Waals surface area contributed by atoms with Crippen molar-refractivity contribution in [2.24, 2.45) is 0 Å². The Balaban J connectivity index is 1.49. The second-order valence-electron chi connectivity index (χ2n) is 8.10. The maximum atomic E-state index is 13.3. The molecule has 0 spiro atoms. The van der Waals surface area contributed by atoms with Crippen molar-refractivity contribution in [1.29, 1.82) is 0 Å². The van der Waals surface area contributed by atoms with Crippen LogP contribution < -0.4 is 10.2 Å². The molecule has 12 heteroatoms. The van der Waals surface area contributed by atoms with Gasteiger partial charge in [0.15, 0.2) is 4.34 Å². The van der Waals surface area contributed by atoms with Crippen molar-refractivity contribution in [3.8, 4) is 10.6 Å². The summed E-state index contributed by atoms with van der Waals surface area (Å²) in [6.45, 7) is 2.05. The Morgan fingerprint density at radius 3 is 2.61 bits per heavy atom. The van der Waals surface area contributed by atoms with Gasteiger partial charge in [-0.15, -0.1) is 10.2 Å². The monoisotopic (exact) mass is 520 g/mol. The van der Waals surface area contributed by atoms with E-state index >= 15 is 0 Å². The van der Waals surface area contributed by atoms with Crippen molar-refractivity contribution in [1.82, 2.24) is 30.4 Å². The van der Waals surface area contributed by atoms with Gasteiger partial charge in [0.05, 0.1) is 12.2 Å². The molecular weight excluding hydrogens is 496 g/mol. The second kappa shape index (κ2) is 10.5. The van der Waals surface area contributed by atoms with Crippen LogP contribution in [0.2, 0.25) is 0 Å². The molecule has 1 aliphatic rings. The topological polar surface area (TPSA) is 111 Å². The van der Waals surface area contributed by atoms with E-state index in [1.165, 1.54) is 23.1 Å². The lowest BCUT2D eigenvalue weighted by Crippen LogP contribution is -2.31. The summed E-state index contributed by atoms with van der Waals surface area (Å²) in [7, 11) is 3.96. The van der Waals surface area contributed by atoms with E-state index in [-0.39, 0.29) is 6.61 Å². The fraction of sp³-hybridized carbons (Fsp3) is 0.250. The molecule has 1 unspecified atom stereocenters. The van der Waals surface area contributed by atoms with Crippen molar-refractivity contribution in [2.45, 2.75) is 17.3 Å². The number of anilines is 2. The van der Waals surface area contributed by atoms with Gasteiger partial charge in [0.1, 0.15) is 11.0 Å². The number of benzene rings is 2. The first-order valence-electron chi connectivity index (χ1n) is 11.3. The van der Waals surface area contributed by atoms with Crippen LogP contribution in [0.5, 0.6) is 0 Å². The fourth-order valence-electron chi connectivity index (χ4n) is 3.86. The number of rotatable bonds is 8. The maximum Gasteiger partial charge on any atom is 0.338 e. The zero-order valence-corrected chi connectivity index (χ0v) is 21.6. The molecule has 0 bridgehead atoms. The van der Waals surface area contributed by atoms with E-state index in [9.17, 15) is 4.79 Å². The van der Waals surface area contributed by atoms with Gasteiger partial charge < -0.3 is 15.0 Å². The number of hydrogen-bond donors (Lipinski definition) is 1. The fourth-order valence-corrected chi connectivity index (χ4v) is 5.68. The van der Waals surface area contributed by atoms with E-state index in [1.807, 2.05) is 73.6 Å². The van der Waals surface area contributed by atoms with Crippen LogP contribution in [0.1, 0.15) is 18.5 Å². The lowest BCUT2D eigenvalue weighted by atomic mass is 9.95. The van der Waals surface area contributed by atoms with Gasteiger partial charge in [0, 0.05) is 36.8 Å². The van der Waals surface area contributed by atoms with Gasteiger partial charge in [-0.3, -0.25) is 0 Å². The minimum absolute atomic E-state index is 0.258. The molecule has 184 valence electrons. The van der Waals surface area contributed by atoms with Crippen LogP contribution in [0, 0.1) is 0 Å². The van der Waals surface area contributed by atoms with Gasteiger partial charge in [-0.2, -0.15) is 4.68 Å². The molecule has 3 heterocycles. The van der Waals surface area contributed by atoms with Gasteiger partial charge in [0.25, 0.3) is 0 Å². The van der Waals surface area contributed by atoms with Crippen LogP contribution in [0.15, 0.2) is 70.2 Å². The highest BCUT2D eigenvalue weighted by molar-refractivity contribution is 8.01. The first kappa shape index (κ1) is 23.9. The number of fused-ring (bicyclic) bond motifs is 1. The second-order valence-corrected chi connectivity index (χ2v) is 10.3. The summed E-state index contributed by atoms with van der Waals surface area (Å²) in [5.74, 6) is 0.490. The Morgan fingerprint density at radius 1 is 1.11 bits per heavy atom. The molecule has 4 aromatic rings. The smallest absolute Gasteiger partial charge is 0.338 e. The summed E-state index contributed by atoms with van der Waals surface area (Å²) in [6, 6.07) is 17.4. The van der Waals surface area contributed by atoms with Gasteiger partial charge >= 0.3 is 5.97 Å². The number of ether oxygens (including phenoxy) is 1. The largest absolute Gasteiger partial charge is 0.463 e. The van der Waals surface area contributed by atoms with Crippen molar-refractivity contribution in [3.63, 3.8) is 0 Å². The van der Waals surface area contributed by atoms with Gasteiger partial charge in [-0.25, -0.2) is 4.79 Å². The predicted octanol–water partition coefficient (Wildman–Crippen LogP) is 3.88. The maximum absolute atomic E-state index is 13.3. The molecule has 0 aliphatic carbocycles. The predicted molar refractivity (Wildman–Crippen MR) is 140 cm³/mol. The van der Waals surface area contributed by atoms with Crippen LogP contribution in [0.25, 0.3) is 10.6 Å². The molecule has 1 aliphatic heterocycles. The lowest BCUT2D eigenvalue weighted by molar-refractivity contribution is -0.139. The van der Waals surface area contributed by atoms with Crippen LogP contribution in [-0.2, 0) is 9.53 Å². The molecule has 2 aromatic carbocycles. The Kier molecular flexibility index (Phi) is 6.96. The molecule has 5 rings (SSSR count). The number of carbonyl (C=O) groups is 1. The van der Waals surface area contributed by atoms with E-state index in [0.717, 1.165) is 26.2 Å². The summed E-state index contributed by atoms with van der Waals surface area (Å²) >= 11 is 3.00. The van der Waals surface area contributed by atoms with Gasteiger partial charge in [-0.1, -0.05) is 70.7 Å². The highest BCUT2D eigenvalue weighted by Crippen LogP contribution is 2.38. The molecule has 1 N–H and O–H groups in total. The van der Waals surface area contributed by atoms with Gasteiger partial charge in [-0.05, 0) is 35.0 Å². The number of carbonyl (C=O) groups excluding carboxylic acids is 1. The van der Waals surface area contributed by atoms with E-state index < -0.39 is 12.0 Å². The third-order valence-corrected chi connectivity index (χ3v) is 7.72. The van der Waals surface area contributed by atoms with E-state index in [4.69, 9.17) is 4.74 Å². The minimum atomic E-state index is -0.531. The number of hydrogen-bond acceptors (Lipinski definition) is 11. The SMILES string of the molecule is CCOC(=O)C1=C(CSc2nnc(-c3ccccc3)s2)Nc2nnnn2C1c1ccc(N(C)C)cc1. The summed E-state index contributed by atoms with van der Waals surface area (Å²) in [5, 5.41) is 24.9. The molecule has 2 aromatic heterocycles. The highest BCUT2D eigenvalue weighted by Gasteiger charge is 2.36. The van der Waals surface area contributed by atoms with Crippen molar-refractivity contribution in [3.05, 3.63) is 71.4 Å². The molecule has 36 heavy (non-hydrogen) atoms. The molecule has 0 amide bonds. The summed E-state index contributed by atoms with van der Waals surface area (Å²) in [6.07, 6.45) is 0. The molecular formula is C24H24N8O2S2. The van der Waals surface area contributed by atoms with Crippen molar-refractivity contribution in [2.75, 3.05) is 36.7 Å². The van der Waals surface area contributed by atoms with E-state index in [1.54, 1.807) is 11.6 Å². The first-order valence-corrected chi connectivity index (χ1v) is 13.1. The minimum Gasteiger partial charge on any atom is -0.463 e. The number of nitrogens with one attached hydrogen (secondary N) is 1. The average Bonchev–Trinajstić information content (AvgIpc) is 3.57. The van der Waals surface area contributed by atoms with Crippen molar-refractivity contribution < 1.29 is 9.53 Å². The summed E-state index contributed by atoms with van der Waals surface area (Å²) in [5.41, 5.74) is 4.09. The van der Waals surface area contributed by atoms with Gasteiger partial charge in [0.2, 0.25) is 5.95 Å². The molecule has 10 nitrogen and oxygen atoms in total. The Bertz CT molecular complexity index is 1380.